The predicted octanol–water partition coefficient (Wildman–Crippen LogP) is 17.3. The predicted molar refractivity (Wildman–Crippen MR) is 209 cm³/mol. The summed E-state index contributed by atoms with van der Waals surface area (Å²) in [5.41, 5.74) is 0. The van der Waals surface area contributed by atoms with Gasteiger partial charge in [-0.2, -0.15) is 0 Å². The number of hydrogen-bond donors (Lipinski definition) is 0. The molecule has 0 aromatic heterocycles. The van der Waals surface area contributed by atoms with Crippen LogP contribution < -0.4 is 0 Å². The van der Waals surface area contributed by atoms with Crippen molar-refractivity contribution in [2.24, 2.45) is 11.8 Å². The molecule has 0 spiro atoms. The fourth-order valence-corrected chi connectivity index (χ4v) is 7.53. The van der Waals surface area contributed by atoms with E-state index in [4.69, 9.17) is 0 Å². The molecule has 1 radical (unpaired) electrons. The molecule has 0 heteroatoms. The molecule has 0 saturated heterocycles. The highest BCUT2D eigenvalue weighted by molar-refractivity contribution is 4.83. The van der Waals surface area contributed by atoms with Crippen molar-refractivity contribution in [2.75, 3.05) is 0 Å². The maximum atomic E-state index is 2.84. The molecule has 45 heavy (non-hydrogen) atoms. The van der Waals surface area contributed by atoms with Crippen molar-refractivity contribution < 1.29 is 0 Å². The van der Waals surface area contributed by atoms with Crippen LogP contribution in [0.4, 0.5) is 0 Å². The zero-order valence-electron chi connectivity index (χ0n) is 32.6. The summed E-state index contributed by atoms with van der Waals surface area (Å²) in [6.45, 7) is 9.42. The number of unbranched alkanes of at least 4 members (excludes halogenated alkanes) is 31. The molecule has 0 aliphatic rings. The van der Waals surface area contributed by atoms with Crippen molar-refractivity contribution in [1.82, 2.24) is 0 Å². The van der Waals surface area contributed by atoms with Gasteiger partial charge in [0.05, 0.1) is 0 Å². The van der Waals surface area contributed by atoms with Gasteiger partial charge in [-0.05, 0) is 18.3 Å². The first-order valence-electron chi connectivity index (χ1n) is 22.1. The molecule has 0 aromatic rings. The van der Waals surface area contributed by atoms with Gasteiger partial charge in [-0.25, -0.2) is 0 Å². The largest absolute Gasteiger partial charge is 0.0654 e. The third-order valence-electron chi connectivity index (χ3n) is 10.9. The first kappa shape index (κ1) is 45.0. The van der Waals surface area contributed by atoms with E-state index in [9.17, 15) is 0 Å². The molecule has 0 aromatic carbocycles. The molecular weight excluding hydrogens is 540 g/mol. The van der Waals surface area contributed by atoms with E-state index in [0.717, 1.165) is 11.8 Å². The van der Waals surface area contributed by atoms with Gasteiger partial charge in [0, 0.05) is 0 Å². The normalized spacial score (nSPS) is 12.5. The minimum atomic E-state index is 0.872. The van der Waals surface area contributed by atoms with Crippen LogP contribution in [0.15, 0.2) is 0 Å². The quantitative estimate of drug-likeness (QED) is 0.0590. The van der Waals surface area contributed by atoms with E-state index >= 15 is 0 Å². The van der Waals surface area contributed by atoms with Gasteiger partial charge >= 0.3 is 0 Å². The maximum Gasteiger partial charge on any atom is -0.0324 e. The summed E-state index contributed by atoms with van der Waals surface area (Å²) >= 11 is 0. The van der Waals surface area contributed by atoms with Crippen LogP contribution in [0.25, 0.3) is 0 Å². The molecule has 1 atom stereocenters. The van der Waals surface area contributed by atoms with Gasteiger partial charge < -0.3 is 0 Å². The van der Waals surface area contributed by atoms with Crippen molar-refractivity contribution in [3.8, 4) is 0 Å². The minimum absolute atomic E-state index is 0.872. The molecule has 0 nitrogen and oxygen atoms in total. The van der Waals surface area contributed by atoms with Crippen LogP contribution in [0.2, 0.25) is 0 Å². The molecular formula is C45H91. The molecule has 0 N–H and O–H groups in total. The SMILES string of the molecule is CCCCCCCCCCCCCCCCCCC([CH]C(CC)CCCC)CCCCCCCCCCCCCCCCCC. The number of hydrogen-bond acceptors (Lipinski definition) is 0. The number of rotatable bonds is 40. The van der Waals surface area contributed by atoms with Gasteiger partial charge in [0.2, 0.25) is 0 Å². The lowest BCUT2D eigenvalue weighted by Gasteiger charge is -2.23. The summed E-state index contributed by atoms with van der Waals surface area (Å²) in [7, 11) is 0. The third-order valence-corrected chi connectivity index (χ3v) is 10.9. The molecule has 0 saturated carbocycles. The fraction of sp³-hybridized carbons (Fsp3) is 0.978. The fourth-order valence-electron chi connectivity index (χ4n) is 7.53. The Morgan fingerprint density at radius 3 is 0.711 bits per heavy atom. The molecule has 0 aliphatic carbocycles. The van der Waals surface area contributed by atoms with Crippen LogP contribution in [0.1, 0.15) is 272 Å². The van der Waals surface area contributed by atoms with Crippen LogP contribution in [0.5, 0.6) is 0 Å². The Hall–Kier alpha value is 0. The summed E-state index contributed by atoms with van der Waals surface area (Å²) in [4.78, 5) is 0. The van der Waals surface area contributed by atoms with E-state index in [1.165, 1.54) is 244 Å². The minimum Gasteiger partial charge on any atom is -0.0654 e. The average molecular weight is 632 g/mol. The van der Waals surface area contributed by atoms with Crippen LogP contribution in [-0.2, 0) is 0 Å². The lowest BCUT2D eigenvalue weighted by molar-refractivity contribution is 0.381. The van der Waals surface area contributed by atoms with Crippen LogP contribution in [0, 0.1) is 18.3 Å². The van der Waals surface area contributed by atoms with Crippen molar-refractivity contribution in [3.05, 3.63) is 6.42 Å². The Kier molecular flexibility index (Phi) is 40.2. The standard InChI is InChI=1S/C45H91/c1-5-9-12-14-16-18-20-22-24-26-28-30-32-34-36-38-41-45(43-44(8-4)40-11-7-3)42-39-37-35-33-31-29-27-25-23-21-19-17-15-13-10-6-2/h43-45H,5-42H2,1-4H3. The lowest BCUT2D eigenvalue weighted by atomic mass is 9.83. The van der Waals surface area contributed by atoms with Crippen molar-refractivity contribution in [2.45, 2.75) is 272 Å². The molecule has 0 fully saturated rings. The molecule has 0 bridgehead atoms. The second-order valence-corrected chi connectivity index (χ2v) is 15.4. The molecule has 271 valence electrons. The molecule has 0 heterocycles. The Morgan fingerprint density at radius 2 is 0.467 bits per heavy atom. The highest BCUT2D eigenvalue weighted by Gasteiger charge is 2.15. The summed E-state index contributed by atoms with van der Waals surface area (Å²) in [5, 5.41) is 0. The summed E-state index contributed by atoms with van der Waals surface area (Å²) in [6.07, 6.45) is 58.5. The molecule has 1 unspecified atom stereocenters. The lowest BCUT2D eigenvalue weighted by Crippen LogP contribution is -2.10. The Balaban J connectivity index is 3.81. The zero-order valence-corrected chi connectivity index (χ0v) is 32.6. The van der Waals surface area contributed by atoms with E-state index in [2.05, 4.69) is 34.1 Å². The van der Waals surface area contributed by atoms with Gasteiger partial charge in [0.15, 0.2) is 0 Å². The second-order valence-electron chi connectivity index (χ2n) is 15.4. The van der Waals surface area contributed by atoms with Gasteiger partial charge in [0.1, 0.15) is 0 Å². The zero-order chi connectivity index (χ0) is 32.7. The molecule has 0 aliphatic heterocycles. The first-order valence-corrected chi connectivity index (χ1v) is 22.1. The van der Waals surface area contributed by atoms with Gasteiger partial charge in [-0.1, -0.05) is 272 Å². The van der Waals surface area contributed by atoms with Crippen molar-refractivity contribution >= 4 is 0 Å². The van der Waals surface area contributed by atoms with Crippen LogP contribution in [0.3, 0.4) is 0 Å². The summed E-state index contributed by atoms with van der Waals surface area (Å²) < 4.78 is 0. The molecule has 0 amide bonds. The highest BCUT2D eigenvalue weighted by atomic mass is 14.2. The van der Waals surface area contributed by atoms with Crippen molar-refractivity contribution in [3.63, 3.8) is 0 Å². The van der Waals surface area contributed by atoms with Gasteiger partial charge in [-0.3, -0.25) is 0 Å². The third kappa shape index (κ3) is 36.7. The summed E-state index contributed by atoms with van der Waals surface area (Å²) in [6, 6.07) is 0. The van der Waals surface area contributed by atoms with Crippen LogP contribution in [-0.4, -0.2) is 0 Å². The monoisotopic (exact) mass is 632 g/mol. The van der Waals surface area contributed by atoms with E-state index in [-0.39, 0.29) is 0 Å². The average Bonchev–Trinajstić information content (AvgIpc) is 3.05. The van der Waals surface area contributed by atoms with Gasteiger partial charge in [-0.15, -0.1) is 0 Å². The summed E-state index contributed by atoms with van der Waals surface area (Å²) in [5.74, 6) is 1.77. The van der Waals surface area contributed by atoms with E-state index in [0.29, 0.717) is 0 Å². The van der Waals surface area contributed by atoms with E-state index < -0.39 is 0 Å². The Labute approximate surface area is 289 Å². The first-order chi connectivity index (χ1) is 22.3. The highest BCUT2D eigenvalue weighted by Crippen LogP contribution is 2.28. The Bertz CT molecular complexity index is 458. The topological polar surface area (TPSA) is 0 Å². The smallest absolute Gasteiger partial charge is 0.0324 e. The molecule has 0 rings (SSSR count). The van der Waals surface area contributed by atoms with Crippen molar-refractivity contribution in [1.29, 1.82) is 0 Å². The maximum absolute atomic E-state index is 2.84. The van der Waals surface area contributed by atoms with Gasteiger partial charge in [0.25, 0.3) is 0 Å². The van der Waals surface area contributed by atoms with E-state index in [1.807, 2.05) is 0 Å². The van der Waals surface area contributed by atoms with Crippen LogP contribution >= 0.6 is 0 Å². The Morgan fingerprint density at radius 1 is 0.244 bits per heavy atom. The second kappa shape index (κ2) is 40.2. The van der Waals surface area contributed by atoms with E-state index in [1.54, 1.807) is 0 Å².